The number of halogens is 1. The molecule has 0 aliphatic carbocycles. The third kappa shape index (κ3) is 6.00. The zero-order valence-electron chi connectivity index (χ0n) is 19.0. The molecule has 4 rings (SSSR count). The van der Waals surface area contributed by atoms with E-state index in [0.717, 1.165) is 88.7 Å². The van der Waals surface area contributed by atoms with Crippen molar-refractivity contribution in [1.82, 2.24) is 24.5 Å². The Morgan fingerprint density at radius 1 is 1.10 bits per heavy atom. The predicted molar refractivity (Wildman–Crippen MR) is 138 cm³/mol. The molecule has 31 heavy (non-hydrogen) atoms. The second-order valence-electron chi connectivity index (χ2n) is 8.52. The molecule has 4 heterocycles. The molecule has 0 atom stereocenters. The van der Waals surface area contributed by atoms with E-state index in [0.29, 0.717) is 0 Å². The highest BCUT2D eigenvalue weighted by molar-refractivity contribution is 14.0. The number of hydrogen-bond donors (Lipinski definition) is 1. The number of aromatic nitrogens is 2. The van der Waals surface area contributed by atoms with Crippen LogP contribution in [0.3, 0.4) is 0 Å². The lowest BCUT2D eigenvalue weighted by molar-refractivity contribution is -0.0139. The van der Waals surface area contributed by atoms with Crippen LogP contribution in [0.5, 0.6) is 0 Å². The number of anilines is 1. The van der Waals surface area contributed by atoms with Gasteiger partial charge in [0.2, 0.25) is 5.13 Å². The van der Waals surface area contributed by atoms with Gasteiger partial charge in [0.15, 0.2) is 5.96 Å². The van der Waals surface area contributed by atoms with Crippen LogP contribution in [0, 0.1) is 0 Å². The number of rotatable bonds is 6. The van der Waals surface area contributed by atoms with Crippen LogP contribution in [0.2, 0.25) is 0 Å². The molecule has 1 N–H and O–H groups in total. The van der Waals surface area contributed by atoms with Crippen LogP contribution < -0.4 is 10.2 Å². The van der Waals surface area contributed by atoms with Crippen molar-refractivity contribution in [2.75, 3.05) is 70.5 Å². The Balaban J connectivity index is 0.00000272. The van der Waals surface area contributed by atoms with Gasteiger partial charge in [0, 0.05) is 69.4 Å². The van der Waals surface area contributed by atoms with E-state index < -0.39 is 0 Å². The minimum absolute atomic E-state index is 0. The molecule has 3 aliphatic rings. The fourth-order valence-electron chi connectivity index (χ4n) is 4.79. The highest BCUT2D eigenvalue weighted by Crippen LogP contribution is 2.31. The van der Waals surface area contributed by atoms with Crippen molar-refractivity contribution < 1.29 is 4.74 Å². The van der Waals surface area contributed by atoms with Gasteiger partial charge in [-0.2, -0.15) is 4.37 Å². The molecule has 10 heteroatoms. The summed E-state index contributed by atoms with van der Waals surface area (Å²) in [5, 5.41) is 4.61. The standard InChI is InChI=1S/C21H37N7OS.HI/c1-3-18-24-20(30-25-18)27-13-11-26(12-14-27)19(22-4-2)23-17-21(7-15-29-16-8-21)28-9-5-6-10-28;/h3-17H2,1-2H3,(H,22,23);1H. The molecule has 3 aliphatic heterocycles. The van der Waals surface area contributed by atoms with Crippen molar-refractivity contribution in [1.29, 1.82) is 0 Å². The average Bonchev–Trinajstić information content (AvgIpc) is 3.50. The number of aliphatic imine (C=N–C) groups is 1. The number of nitrogens with one attached hydrogen (secondary N) is 1. The quantitative estimate of drug-likeness (QED) is 0.324. The Labute approximate surface area is 208 Å². The Morgan fingerprint density at radius 3 is 2.42 bits per heavy atom. The van der Waals surface area contributed by atoms with Crippen molar-refractivity contribution >= 4 is 46.6 Å². The van der Waals surface area contributed by atoms with Crippen LogP contribution in [-0.2, 0) is 11.2 Å². The van der Waals surface area contributed by atoms with Crippen LogP contribution in [0.1, 0.15) is 45.4 Å². The third-order valence-corrected chi connectivity index (χ3v) is 7.50. The van der Waals surface area contributed by atoms with Crippen LogP contribution in [0.15, 0.2) is 4.99 Å². The number of ether oxygens (including phenoxy) is 1. The summed E-state index contributed by atoms with van der Waals surface area (Å²) in [4.78, 5) is 17.3. The molecule has 3 saturated heterocycles. The highest BCUT2D eigenvalue weighted by Gasteiger charge is 2.39. The van der Waals surface area contributed by atoms with Gasteiger partial charge >= 0.3 is 0 Å². The van der Waals surface area contributed by atoms with Crippen LogP contribution >= 0.6 is 35.5 Å². The zero-order valence-corrected chi connectivity index (χ0v) is 22.2. The first-order valence-corrected chi connectivity index (χ1v) is 12.4. The smallest absolute Gasteiger partial charge is 0.205 e. The molecule has 1 aromatic heterocycles. The number of hydrogen-bond acceptors (Lipinski definition) is 7. The first-order valence-electron chi connectivity index (χ1n) is 11.7. The largest absolute Gasteiger partial charge is 0.381 e. The van der Waals surface area contributed by atoms with E-state index in [4.69, 9.17) is 9.73 Å². The molecule has 0 amide bonds. The number of nitrogens with zero attached hydrogens (tertiary/aromatic N) is 6. The second-order valence-corrected chi connectivity index (χ2v) is 9.25. The van der Waals surface area contributed by atoms with Gasteiger partial charge in [0.1, 0.15) is 5.82 Å². The van der Waals surface area contributed by atoms with Gasteiger partial charge in [-0.05, 0) is 45.7 Å². The van der Waals surface area contributed by atoms with Crippen LogP contribution in [0.4, 0.5) is 5.13 Å². The molecular weight excluding hydrogens is 525 g/mol. The molecule has 176 valence electrons. The van der Waals surface area contributed by atoms with Gasteiger partial charge in [-0.1, -0.05) is 6.92 Å². The summed E-state index contributed by atoms with van der Waals surface area (Å²) in [6.45, 7) is 14.1. The summed E-state index contributed by atoms with van der Waals surface area (Å²) < 4.78 is 10.1. The van der Waals surface area contributed by atoms with E-state index in [1.54, 1.807) is 0 Å². The molecular formula is C21H38IN7OS. The number of guanidine groups is 1. The molecule has 0 unspecified atom stereocenters. The molecule has 3 fully saturated rings. The predicted octanol–water partition coefficient (Wildman–Crippen LogP) is 2.45. The summed E-state index contributed by atoms with van der Waals surface area (Å²) in [5.74, 6) is 2.02. The molecule has 0 radical (unpaired) electrons. The van der Waals surface area contributed by atoms with E-state index in [-0.39, 0.29) is 29.5 Å². The Kier molecular flexibility index (Phi) is 9.60. The van der Waals surface area contributed by atoms with Gasteiger partial charge in [-0.15, -0.1) is 24.0 Å². The van der Waals surface area contributed by atoms with Crippen molar-refractivity contribution in [3.8, 4) is 0 Å². The van der Waals surface area contributed by atoms with Gasteiger partial charge in [-0.25, -0.2) is 4.98 Å². The maximum Gasteiger partial charge on any atom is 0.205 e. The van der Waals surface area contributed by atoms with E-state index in [1.807, 2.05) is 0 Å². The Hall–Kier alpha value is -0.720. The summed E-state index contributed by atoms with van der Waals surface area (Å²) in [6.07, 6.45) is 5.73. The van der Waals surface area contributed by atoms with Crippen LogP contribution in [0.25, 0.3) is 0 Å². The molecule has 0 spiro atoms. The Morgan fingerprint density at radius 2 is 1.81 bits per heavy atom. The third-order valence-electron chi connectivity index (χ3n) is 6.68. The van der Waals surface area contributed by atoms with Gasteiger partial charge in [0.05, 0.1) is 6.54 Å². The molecule has 8 nitrogen and oxygen atoms in total. The zero-order chi connectivity index (χ0) is 20.8. The summed E-state index contributed by atoms with van der Waals surface area (Å²) in [7, 11) is 0. The normalized spacial score (nSPS) is 22.5. The number of piperazine rings is 1. The Bertz CT molecular complexity index is 696. The molecule has 0 aromatic carbocycles. The van der Waals surface area contributed by atoms with E-state index in [1.165, 1.54) is 37.5 Å². The molecule has 1 aromatic rings. The SMILES string of the molecule is CCNC(=NCC1(N2CCCC2)CCOCC1)N1CCN(c2nc(CC)ns2)CC1.I. The number of aryl methyl sites for hydroxylation is 1. The minimum atomic E-state index is 0. The van der Waals surface area contributed by atoms with Crippen LogP contribution in [-0.4, -0.2) is 96.2 Å². The van der Waals surface area contributed by atoms with Gasteiger partial charge in [-0.3, -0.25) is 9.89 Å². The molecule has 0 saturated carbocycles. The van der Waals surface area contributed by atoms with Crippen molar-refractivity contribution in [2.45, 2.75) is 51.5 Å². The topological polar surface area (TPSA) is 69.1 Å². The minimum Gasteiger partial charge on any atom is -0.381 e. The fourth-order valence-corrected chi connectivity index (χ4v) is 5.59. The van der Waals surface area contributed by atoms with Gasteiger partial charge < -0.3 is 19.9 Å². The highest BCUT2D eigenvalue weighted by atomic mass is 127. The summed E-state index contributed by atoms with van der Waals surface area (Å²) >= 11 is 1.53. The maximum atomic E-state index is 5.70. The maximum absolute atomic E-state index is 5.70. The first-order chi connectivity index (χ1) is 14.7. The summed E-state index contributed by atoms with van der Waals surface area (Å²) in [6, 6.07) is 0. The second kappa shape index (κ2) is 11.9. The lowest BCUT2D eigenvalue weighted by Crippen LogP contribution is -2.55. The van der Waals surface area contributed by atoms with Crippen molar-refractivity contribution in [2.24, 2.45) is 4.99 Å². The monoisotopic (exact) mass is 563 g/mol. The lowest BCUT2D eigenvalue weighted by Gasteiger charge is -2.44. The number of likely N-dealkylation sites (tertiary alicyclic amines) is 1. The van der Waals surface area contributed by atoms with E-state index in [9.17, 15) is 0 Å². The van der Waals surface area contributed by atoms with E-state index in [2.05, 4.69) is 43.2 Å². The van der Waals surface area contributed by atoms with Crippen molar-refractivity contribution in [3.05, 3.63) is 5.82 Å². The lowest BCUT2D eigenvalue weighted by atomic mass is 9.88. The summed E-state index contributed by atoms with van der Waals surface area (Å²) in [5.41, 5.74) is 0.181. The van der Waals surface area contributed by atoms with Gasteiger partial charge in [0.25, 0.3) is 0 Å². The first kappa shape index (κ1) is 24.9. The molecule has 0 bridgehead atoms. The van der Waals surface area contributed by atoms with E-state index >= 15 is 0 Å². The average molecular weight is 564 g/mol. The van der Waals surface area contributed by atoms with Crippen molar-refractivity contribution in [3.63, 3.8) is 0 Å². The fraction of sp³-hybridized carbons (Fsp3) is 0.857.